The zero-order chi connectivity index (χ0) is 23.8. The van der Waals surface area contributed by atoms with Crippen LogP contribution in [0.25, 0.3) is 6.08 Å². The molecule has 2 heterocycles. The monoisotopic (exact) mass is 475 g/mol. The first-order chi connectivity index (χ1) is 15.8. The maximum Gasteiger partial charge on any atom is 0.236 e. The van der Waals surface area contributed by atoms with Crippen LogP contribution >= 0.6 is 0 Å². The highest BCUT2D eigenvalue weighted by atomic mass is 32.2. The number of carbonyl (C=O) groups excluding carboxylic acids is 2. The smallest absolute Gasteiger partial charge is 0.236 e. The van der Waals surface area contributed by atoms with Gasteiger partial charge in [-0.1, -0.05) is 43.7 Å². The van der Waals surface area contributed by atoms with Crippen LogP contribution in [-0.4, -0.2) is 61.7 Å². The highest BCUT2D eigenvalue weighted by Gasteiger charge is 2.37. The molecule has 2 aliphatic heterocycles. The molecule has 0 aromatic heterocycles. The van der Waals surface area contributed by atoms with Gasteiger partial charge in [-0.15, -0.1) is 0 Å². The number of carbonyl (C=O) groups is 2. The van der Waals surface area contributed by atoms with Gasteiger partial charge in [-0.3, -0.25) is 9.59 Å². The van der Waals surface area contributed by atoms with E-state index < -0.39 is 10.0 Å². The Morgan fingerprint density at radius 1 is 1.06 bits per heavy atom. The number of amides is 2. The lowest BCUT2D eigenvalue weighted by molar-refractivity contribution is -0.143. The summed E-state index contributed by atoms with van der Waals surface area (Å²) in [6.07, 6.45) is 6.22. The molecule has 2 amide bonds. The van der Waals surface area contributed by atoms with Crippen molar-refractivity contribution in [1.82, 2.24) is 14.5 Å². The lowest BCUT2D eigenvalue weighted by atomic mass is 9.89. The quantitative estimate of drug-likeness (QED) is 0.585. The van der Waals surface area contributed by atoms with Gasteiger partial charge in [0.25, 0.3) is 0 Å². The number of hydrogen-bond donors (Lipinski definition) is 1. The molecule has 1 aromatic rings. The Hall–Kier alpha value is -2.19. The lowest BCUT2D eigenvalue weighted by Crippen LogP contribution is -2.52. The molecule has 2 aliphatic rings. The van der Waals surface area contributed by atoms with Crippen molar-refractivity contribution in [1.29, 1.82) is 0 Å². The molecule has 182 valence electrons. The van der Waals surface area contributed by atoms with Crippen LogP contribution < -0.4 is 5.32 Å². The molecule has 0 aliphatic carbocycles. The van der Waals surface area contributed by atoms with E-state index in [9.17, 15) is 18.0 Å². The van der Waals surface area contributed by atoms with Crippen LogP contribution in [0, 0.1) is 11.8 Å². The van der Waals surface area contributed by atoms with Crippen LogP contribution in [0.5, 0.6) is 0 Å². The predicted octanol–water partition coefficient (Wildman–Crippen LogP) is 3.24. The van der Waals surface area contributed by atoms with Gasteiger partial charge in [0.05, 0.1) is 5.92 Å². The molecule has 0 saturated carbocycles. The van der Waals surface area contributed by atoms with Crippen LogP contribution in [0.2, 0.25) is 0 Å². The van der Waals surface area contributed by atoms with Gasteiger partial charge in [0.2, 0.25) is 21.8 Å². The number of nitrogens with zero attached hydrogens (tertiary/aromatic N) is 2. The number of rotatable bonds is 8. The minimum atomic E-state index is -3.52. The Bertz CT molecular complexity index is 924. The van der Waals surface area contributed by atoms with E-state index in [1.807, 2.05) is 42.2 Å². The number of nitrogens with one attached hydrogen (secondary N) is 1. The van der Waals surface area contributed by atoms with E-state index in [0.29, 0.717) is 39.0 Å². The summed E-state index contributed by atoms with van der Waals surface area (Å²) in [4.78, 5) is 27.6. The number of piperidine rings is 2. The van der Waals surface area contributed by atoms with Gasteiger partial charge in [0.1, 0.15) is 0 Å². The molecule has 0 radical (unpaired) electrons. The summed E-state index contributed by atoms with van der Waals surface area (Å²) < 4.78 is 26.9. The van der Waals surface area contributed by atoms with E-state index in [2.05, 4.69) is 12.2 Å². The molecule has 1 N–H and O–H groups in total. The number of unbranched alkanes of at least 4 members (excludes halogenated alkanes) is 1. The van der Waals surface area contributed by atoms with Crippen molar-refractivity contribution < 1.29 is 18.0 Å². The molecular weight excluding hydrogens is 438 g/mol. The summed E-state index contributed by atoms with van der Waals surface area (Å²) in [6.45, 7) is 5.93. The highest BCUT2D eigenvalue weighted by Crippen LogP contribution is 2.28. The molecule has 2 atom stereocenters. The van der Waals surface area contributed by atoms with E-state index in [0.717, 1.165) is 31.2 Å². The van der Waals surface area contributed by atoms with Crippen molar-refractivity contribution >= 4 is 27.9 Å². The fraction of sp³-hybridized carbons (Fsp3) is 0.600. The summed E-state index contributed by atoms with van der Waals surface area (Å²) in [6, 6.07) is 9.43. The average Bonchev–Trinajstić information content (AvgIpc) is 2.83. The third kappa shape index (κ3) is 6.90. The van der Waals surface area contributed by atoms with Crippen molar-refractivity contribution in [3.8, 4) is 0 Å². The summed E-state index contributed by atoms with van der Waals surface area (Å²) in [5, 5.41) is 4.25. The predicted molar refractivity (Wildman–Crippen MR) is 131 cm³/mol. The largest absolute Gasteiger partial charge is 0.356 e. The first kappa shape index (κ1) is 25.4. The summed E-state index contributed by atoms with van der Waals surface area (Å²) in [7, 11) is -3.52. The van der Waals surface area contributed by atoms with E-state index in [-0.39, 0.29) is 29.7 Å². The molecule has 2 saturated heterocycles. The molecule has 0 bridgehead atoms. The maximum absolute atomic E-state index is 13.3. The van der Waals surface area contributed by atoms with Crippen LogP contribution in [0.4, 0.5) is 0 Å². The summed E-state index contributed by atoms with van der Waals surface area (Å²) in [5.41, 5.74) is 0.832. The summed E-state index contributed by atoms with van der Waals surface area (Å²) in [5.74, 6) is -0.255. The van der Waals surface area contributed by atoms with Crippen LogP contribution in [0.15, 0.2) is 35.7 Å². The lowest BCUT2D eigenvalue weighted by Gasteiger charge is -2.40. The second kappa shape index (κ2) is 11.8. The minimum Gasteiger partial charge on any atom is -0.356 e. The number of benzene rings is 1. The van der Waals surface area contributed by atoms with Crippen molar-refractivity contribution in [2.75, 3.05) is 26.2 Å². The van der Waals surface area contributed by atoms with E-state index in [1.165, 1.54) is 9.71 Å². The topological polar surface area (TPSA) is 86.8 Å². The third-order valence-corrected chi connectivity index (χ3v) is 8.33. The third-order valence-electron chi connectivity index (χ3n) is 6.76. The molecule has 1 aromatic carbocycles. The average molecular weight is 476 g/mol. The second-order valence-corrected chi connectivity index (χ2v) is 11.0. The molecule has 3 rings (SSSR count). The first-order valence-electron chi connectivity index (χ1n) is 12.1. The highest BCUT2D eigenvalue weighted by molar-refractivity contribution is 7.92. The van der Waals surface area contributed by atoms with Crippen LogP contribution in [-0.2, 0) is 19.6 Å². The molecule has 7 nitrogen and oxygen atoms in total. The molecule has 2 fully saturated rings. The molecule has 2 unspecified atom stereocenters. The zero-order valence-electron chi connectivity index (χ0n) is 19.8. The van der Waals surface area contributed by atoms with E-state index in [1.54, 1.807) is 6.08 Å². The number of likely N-dealkylation sites (tertiary alicyclic amines) is 1. The Balaban J connectivity index is 1.54. The molecule has 8 heteroatoms. The Kier molecular flexibility index (Phi) is 9.09. The molecule has 0 spiro atoms. The van der Waals surface area contributed by atoms with Crippen LogP contribution in [0.3, 0.4) is 0 Å². The molecule has 33 heavy (non-hydrogen) atoms. The fourth-order valence-electron chi connectivity index (χ4n) is 4.57. The van der Waals surface area contributed by atoms with Crippen molar-refractivity contribution in [3.63, 3.8) is 0 Å². The van der Waals surface area contributed by atoms with Gasteiger partial charge in [-0.05, 0) is 50.7 Å². The maximum atomic E-state index is 13.3. The van der Waals surface area contributed by atoms with Crippen molar-refractivity contribution in [2.45, 2.75) is 58.4 Å². The number of hydrogen-bond acceptors (Lipinski definition) is 4. The standard InChI is InChI=1S/C25H37N3O4S/c1-3-4-15-26-24(29)23-11-10-20(2)28(19-23)25(30)22-12-16-27(17-13-22)33(31,32)18-14-21-8-6-5-7-9-21/h5-9,14,18,20,22-23H,3-4,10-13,15-17,19H2,1-2H3,(H,26,29). The zero-order valence-corrected chi connectivity index (χ0v) is 20.6. The second-order valence-electron chi connectivity index (χ2n) is 9.19. The van der Waals surface area contributed by atoms with Crippen LogP contribution in [0.1, 0.15) is 57.9 Å². The van der Waals surface area contributed by atoms with Crippen molar-refractivity contribution in [3.05, 3.63) is 41.3 Å². The summed E-state index contributed by atoms with van der Waals surface area (Å²) >= 11 is 0. The van der Waals surface area contributed by atoms with Gasteiger partial charge in [-0.2, -0.15) is 4.31 Å². The van der Waals surface area contributed by atoms with Gasteiger partial charge in [-0.25, -0.2) is 8.42 Å². The van der Waals surface area contributed by atoms with Crippen molar-refractivity contribution in [2.24, 2.45) is 11.8 Å². The number of sulfonamides is 1. The fourth-order valence-corrected chi connectivity index (χ4v) is 5.79. The SMILES string of the molecule is CCCCNC(=O)C1CCC(C)N(C(=O)C2CCN(S(=O)(=O)C=Cc3ccccc3)CC2)C1. The first-order valence-corrected chi connectivity index (χ1v) is 13.6. The van der Waals surface area contributed by atoms with Gasteiger partial charge in [0, 0.05) is 43.5 Å². The Morgan fingerprint density at radius 2 is 1.76 bits per heavy atom. The van der Waals surface area contributed by atoms with E-state index in [4.69, 9.17) is 0 Å². The minimum absolute atomic E-state index is 0.0410. The Labute approximate surface area is 198 Å². The normalized spacial score (nSPS) is 23.0. The van der Waals surface area contributed by atoms with Gasteiger partial charge >= 0.3 is 0 Å². The van der Waals surface area contributed by atoms with Gasteiger partial charge < -0.3 is 10.2 Å². The Morgan fingerprint density at radius 3 is 2.42 bits per heavy atom. The van der Waals surface area contributed by atoms with E-state index >= 15 is 0 Å². The van der Waals surface area contributed by atoms with Gasteiger partial charge in [0.15, 0.2) is 0 Å². The molecular formula is C25H37N3O4S.